The van der Waals surface area contributed by atoms with Gasteiger partial charge in [-0.3, -0.25) is 18.7 Å². The first-order valence-corrected chi connectivity index (χ1v) is 24.5. The van der Waals surface area contributed by atoms with E-state index in [2.05, 4.69) is 24.5 Å². The van der Waals surface area contributed by atoms with E-state index in [0.717, 1.165) is 38.5 Å². The van der Waals surface area contributed by atoms with Gasteiger partial charge in [0.1, 0.15) is 10.5 Å². The Labute approximate surface area is 395 Å². The van der Waals surface area contributed by atoms with Crippen LogP contribution in [0, 0.1) is 0 Å². The summed E-state index contributed by atoms with van der Waals surface area (Å²) >= 11 is 0. The Balaban J connectivity index is -0.000000486. The van der Waals surface area contributed by atoms with Crippen molar-refractivity contribution < 1.29 is 114 Å². The monoisotopic (exact) mass is 886 g/mol. The Bertz CT molecular complexity index is 1150. The maximum absolute atomic E-state index is 11.6. The summed E-state index contributed by atoms with van der Waals surface area (Å²) < 4.78 is 61.0. The van der Waals surface area contributed by atoms with Crippen molar-refractivity contribution in [3.63, 3.8) is 0 Å². The number of hydrogen-bond donors (Lipinski definition) is 4. The number of unbranched alkanes of at least 4 members (excludes halogenated alkanes) is 26. The third-order valence-corrected chi connectivity index (χ3v) is 11.8. The van der Waals surface area contributed by atoms with E-state index in [1.165, 1.54) is 141 Å². The molecular weight excluding hydrogens is 811 g/mol. The number of carbonyl (C=O) groups is 4. The zero-order chi connectivity index (χ0) is 42.5. The zero-order valence-corrected chi connectivity index (χ0v) is 42.2. The van der Waals surface area contributed by atoms with Crippen LogP contribution in [0.2, 0.25) is 0 Å². The molecule has 0 spiro atoms. The van der Waals surface area contributed by atoms with E-state index in [-0.39, 0.29) is 59.1 Å². The van der Waals surface area contributed by atoms with E-state index >= 15 is 0 Å². The molecule has 14 nitrogen and oxygen atoms in total. The first-order valence-electron chi connectivity index (χ1n) is 21.5. The molecule has 2 atom stereocenters. The maximum Gasteiger partial charge on any atom is 1.00 e. The van der Waals surface area contributed by atoms with Gasteiger partial charge in [-0.15, -0.1) is 0 Å². The van der Waals surface area contributed by atoms with E-state index < -0.39 is 67.3 Å². The number of rotatable bonds is 38. The molecule has 0 aromatic rings. The molecule has 0 fully saturated rings. The summed E-state index contributed by atoms with van der Waals surface area (Å²) in [5, 5.41) is 21.8. The molecule has 0 aromatic heterocycles. The van der Waals surface area contributed by atoms with Crippen LogP contribution < -0.4 is 80.0 Å². The summed E-state index contributed by atoms with van der Waals surface area (Å²) in [6.45, 7) is 5.20. The molecule has 0 aliphatic rings. The van der Waals surface area contributed by atoms with Crippen LogP contribution in [-0.4, -0.2) is 73.3 Å². The third-order valence-electron chi connectivity index (χ3n) is 9.69. The van der Waals surface area contributed by atoms with Crippen LogP contribution >= 0.6 is 0 Å². The number of nitrogens with one attached hydrogen (secondary N) is 2. The van der Waals surface area contributed by atoms with Crippen molar-refractivity contribution >= 4 is 44.0 Å². The van der Waals surface area contributed by atoms with Crippen molar-refractivity contribution in [3.8, 4) is 0 Å². The predicted molar refractivity (Wildman–Crippen MR) is 217 cm³/mol. The molecule has 2 unspecified atom stereocenters. The zero-order valence-electron chi connectivity index (χ0n) is 36.6. The molecule has 4 N–H and O–H groups in total. The van der Waals surface area contributed by atoms with Crippen LogP contribution in [0.3, 0.4) is 0 Å². The summed E-state index contributed by atoms with van der Waals surface area (Å²) in [6.07, 6.45) is 32.7. The standard InChI is InChI=1S/2C20H39NO6S.2Na/c2*1-2-3-4-5-6-7-8-9-10-11-12-13-14-15-16-21-19(22)17-18(20(23)24)28(25,26)27;;/h2*18H,2-17H2,1H3,(H,21,22)(H,23,24)(H,25,26,27);;/q;;2*+1/p-2. The van der Waals surface area contributed by atoms with Gasteiger partial charge in [0, 0.05) is 13.1 Å². The largest absolute Gasteiger partial charge is 1.00 e. The molecule has 0 aromatic carbocycles. The van der Waals surface area contributed by atoms with Crippen LogP contribution in [-0.2, 0) is 39.4 Å². The second kappa shape index (κ2) is 43.4. The van der Waals surface area contributed by atoms with Crippen LogP contribution in [0.5, 0.6) is 0 Å². The Hall–Kier alpha value is -0.300. The van der Waals surface area contributed by atoms with Gasteiger partial charge >= 0.3 is 59.1 Å². The predicted octanol–water partition coefficient (Wildman–Crippen LogP) is -0.0314. The fourth-order valence-corrected chi connectivity index (χ4v) is 7.41. The van der Waals surface area contributed by atoms with Crippen LogP contribution in [0.1, 0.15) is 206 Å². The van der Waals surface area contributed by atoms with Gasteiger partial charge < -0.3 is 30.4 Å². The minimum atomic E-state index is -4.84. The van der Waals surface area contributed by atoms with Crippen molar-refractivity contribution in [2.45, 2.75) is 217 Å². The van der Waals surface area contributed by atoms with Gasteiger partial charge in [-0.2, -0.15) is 16.8 Å². The molecule has 0 saturated heterocycles. The van der Waals surface area contributed by atoms with E-state index in [0.29, 0.717) is 13.1 Å². The molecule has 332 valence electrons. The Morgan fingerprint density at radius 3 is 0.776 bits per heavy atom. The van der Waals surface area contributed by atoms with Crippen molar-refractivity contribution in [2.75, 3.05) is 13.1 Å². The molecule has 2 amide bonds. The normalized spacial score (nSPS) is 12.2. The average Bonchev–Trinajstić information content (AvgIpc) is 3.11. The van der Waals surface area contributed by atoms with Gasteiger partial charge in [-0.05, 0) is 12.8 Å². The minimum Gasteiger partial charge on any atom is -0.549 e. The fourth-order valence-electron chi connectivity index (χ4n) is 6.20. The molecule has 18 heteroatoms. The van der Waals surface area contributed by atoms with Gasteiger partial charge in [0.2, 0.25) is 11.8 Å². The van der Waals surface area contributed by atoms with Gasteiger partial charge in [0.15, 0.2) is 0 Å². The van der Waals surface area contributed by atoms with Crippen molar-refractivity contribution in [1.29, 1.82) is 0 Å². The number of aliphatic carboxylic acids is 2. The third kappa shape index (κ3) is 43.8. The van der Waals surface area contributed by atoms with Crippen LogP contribution in [0.4, 0.5) is 0 Å². The summed E-state index contributed by atoms with van der Waals surface area (Å²) in [5.74, 6) is -5.40. The number of carboxylic acid groups (broad SMARTS) is 2. The second-order valence-electron chi connectivity index (χ2n) is 14.9. The molecule has 0 bridgehead atoms. The second-order valence-corrected chi connectivity index (χ2v) is 18.1. The average molecular weight is 887 g/mol. The number of carboxylic acids is 2. The molecule has 0 rings (SSSR count). The first-order chi connectivity index (χ1) is 26.6. The first kappa shape index (κ1) is 64.3. The smallest absolute Gasteiger partial charge is 0.549 e. The summed E-state index contributed by atoms with van der Waals surface area (Å²) in [7, 11) is -9.68. The Morgan fingerprint density at radius 1 is 0.414 bits per heavy atom. The van der Waals surface area contributed by atoms with Crippen molar-refractivity contribution in [3.05, 3.63) is 0 Å². The van der Waals surface area contributed by atoms with E-state index in [4.69, 9.17) is 9.11 Å². The number of carbonyl (C=O) groups excluding carboxylic acids is 4. The Morgan fingerprint density at radius 2 is 0.603 bits per heavy atom. The van der Waals surface area contributed by atoms with Crippen LogP contribution in [0.15, 0.2) is 0 Å². The van der Waals surface area contributed by atoms with Crippen LogP contribution in [0.25, 0.3) is 0 Å². The summed E-state index contributed by atoms with van der Waals surface area (Å²) in [6, 6.07) is 0. The van der Waals surface area contributed by atoms with Gasteiger partial charge in [0.25, 0.3) is 20.2 Å². The molecular formula is C40H76N2Na2O12S2. The van der Waals surface area contributed by atoms with E-state index in [1.807, 2.05) is 0 Å². The van der Waals surface area contributed by atoms with Gasteiger partial charge in [-0.25, -0.2) is 0 Å². The van der Waals surface area contributed by atoms with E-state index in [1.54, 1.807) is 0 Å². The topological polar surface area (TPSA) is 247 Å². The summed E-state index contributed by atoms with van der Waals surface area (Å²) in [5.41, 5.74) is 0. The molecule has 0 saturated carbocycles. The van der Waals surface area contributed by atoms with Gasteiger partial charge in [-0.1, -0.05) is 181 Å². The van der Waals surface area contributed by atoms with Crippen molar-refractivity contribution in [1.82, 2.24) is 10.6 Å². The summed E-state index contributed by atoms with van der Waals surface area (Å²) in [4.78, 5) is 44.5. The quantitative estimate of drug-likeness (QED) is 0.0363. The molecule has 0 aliphatic heterocycles. The van der Waals surface area contributed by atoms with E-state index in [9.17, 15) is 46.2 Å². The maximum atomic E-state index is 11.6. The fraction of sp³-hybridized carbons (Fsp3) is 0.900. The Kier molecular flexibility index (Phi) is 48.1. The number of amides is 2. The molecule has 0 aliphatic carbocycles. The molecule has 0 heterocycles. The number of hydrogen-bond acceptors (Lipinski definition) is 10. The van der Waals surface area contributed by atoms with Gasteiger partial charge in [0.05, 0.1) is 24.8 Å². The molecule has 0 radical (unpaired) electrons. The molecule has 58 heavy (non-hydrogen) atoms. The van der Waals surface area contributed by atoms with Crippen molar-refractivity contribution in [2.24, 2.45) is 0 Å². The SMILES string of the molecule is CCCCCCCCCCCCCCCCNC(=O)CC(C(=O)[O-])S(=O)(=O)O.CCCCCCCCCCCCCCCCNC(=O)CC(C(=O)[O-])S(=O)(=O)O.[Na+].[Na+]. The minimum absolute atomic E-state index is 0.